The Morgan fingerprint density at radius 3 is 2.56 bits per heavy atom. The molecule has 0 spiro atoms. The van der Waals surface area contributed by atoms with Crippen LogP contribution in [0.3, 0.4) is 0 Å². The summed E-state index contributed by atoms with van der Waals surface area (Å²) in [6.45, 7) is 1.91. The predicted octanol–water partition coefficient (Wildman–Crippen LogP) is 3.43. The molecule has 0 saturated carbocycles. The van der Waals surface area contributed by atoms with E-state index in [1.165, 1.54) is 12.1 Å². The lowest BCUT2D eigenvalue weighted by Gasteiger charge is -2.09. The van der Waals surface area contributed by atoms with Crippen molar-refractivity contribution in [2.24, 2.45) is 0 Å². The van der Waals surface area contributed by atoms with Gasteiger partial charge in [0.25, 0.3) is 0 Å². The molecule has 2 nitrogen and oxygen atoms in total. The summed E-state index contributed by atoms with van der Waals surface area (Å²) in [6, 6.07) is 8.63. The van der Waals surface area contributed by atoms with E-state index in [1.807, 2.05) is 6.92 Å². The van der Waals surface area contributed by atoms with Crippen LogP contribution in [0.1, 0.15) is 11.1 Å². The fraction of sp³-hybridized carbons (Fsp3) is 0.143. The van der Waals surface area contributed by atoms with Gasteiger partial charge in [-0.15, -0.1) is 0 Å². The van der Waals surface area contributed by atoms with E-state index in [2.05, 4.69) is 0 Å². The molecule has 0 unspecified atom stereocenters. The Bertz CT molecular complexity index is 570. The lowest BCUT2D eigenvalue weighted by molar-refractivity contribution is 0.299. The molecule has 0 aromatic heterocycles. The summed E-state index contributed by atoms with van der Waals surface area (Å²) in [5.74, 6) is -0.604. The minimum atomic E-state index is -0.609. The Hall–Kier alpha value is -2.10. The number of rotatable bonds is 3. The van der Waals surface area contributed by atoms with Gasteiger partial charge in [-0.3, -0.25) is 0 Å². The second kappa shape index (κ2) is 5.04. The summed E-state index contributed by atoms with van der Waals surface area (Å²) < 4.78 is 31.5. The number of benzene rings is 2. The number of nitrogen functional groups attached to an aromatic ring is 1. The summed E-state index contributed by atoms with van der Waals surface area (Å²) in [6.07, 6.45) is 0. The van der Waals surface area contributed by atoms with Crippen LogP contribution in [0.4, 0.5) is 14.5 Å². The quantitative estimate of drug-likeness (QED) is 0.846. The molecule has 4 heteroatoms. The van der Waals surface area contributed by atoms with Crippen molar-refractivity contribution in [3.05, 3.63) is 59.2 Å². The Kier molecular flexibility index (Phi) is 3.46. The zero-order valence-corrected chi connectivity index (χ0v) is 9.91. The Balaban J connectivity index is 2.09. The first-order valence-corrected chi connectivity index (χ1v) is 5.49. The first-order chi connectivity index (χ1) is 8.56. The van der Waals surface area contributed by atoms with Crippen LogP contribution < -0.4 is 10.5 Å². The molecule has 0 heterocycles. The van der Waals surface area contributed by atoms with Crippen molar-refractivity contribution in [3.63, 3.8) is 0 Å². The molecular weight excluding hydrogens is 236 g/mol. The maximum absolute atomic E-state index is 13.4. The molecule has 0 aliphatic heterocycles. The van der Waals surface area contributed by atoms with Gasteiger partial charge in [0.1, 0.15) is 24.0 Å². The van der Waals surface area contributed by atoms with Crippen molar-refractivity contribution in [3.8, 4) is 5.75 Å². The summed E-state index contributed by atoms with van der Waals surface area (Å²) in [4.78, 5) is 0. The van der Waals surface area contributed by atoms with Crippen LogP contribution >= 0.6 is 0 Å². The van der Waals surface area contributed by atoms with E-state index in [1.54, 1.807) is 18.2 Å². The Labute approximate surface area is 104 Å². The third-order valence-electron chi connectivity index (χ3n) is 2.65. The Morgan fingerprint density at radius 2 is 1.89 bits per heavy atom. The predicted molar refractivity (Wildman–Crippen MR) is 66.3 cm³/mol. The van der Waals surface area contributed by atoms with Crippen molar-refractivity contribution < 1.29 is 13.5 Å². The molecule has 0 atom stereocenters. The zero-order chi connectivity index (χ0) is 13.1. The van der Waals surface area contributed by atoms with E-state index in [-0.39, 0.29) is 6.61 Å². The number of anilines is 1. The van der Waals surface area contributed by atoms with E-state index in [0.717, 1.165) is 11.6 Å². The van der Waals surface area contributed by atoms with Gasteiger partial charge in [0.05, 0.1) is 0 Å². The summed E-state index contributed by atoms with van der Waals surface area (Å²) >= 11 is 0. The van der Waals surface area contributed by atoms with E-state index >= 15 is 0 Å². The topological polar surface area (TPSA) is 35.2 Å². The van der Waals surface area contributed by atoms with Crippen LogP contribution in [-0.2, 0) is 6.61 Å². The van der Waals surface area contributed by atoms with Crippen molar-refractivity contribution in [2.75, 3.05) is 5.73 Å². The van der Waals surface area contributed by atoms with Gasteiger partial charge in [0, 0.05) is 17.3 Å². The lowest BCUT2D eigenvalue weighted by atomic mass is 10.2. The van der Waals surface area contributed by atoms with Gasteiger partial charge in [-0.2, -0.15) is 0 Å². The maximum Gasteiger partial charge on any atom is 0.132 e. The van der Waals surface area contributed by atoms with Crippen molar-refractivity contribution in [2.45, 2.75) is 13.5 Å². The SMILES string of the molecule is Cc1cc(OCc2ccc(F)cc2F)ccc1N. The minimum Gasteiger partial charge on any atom is -0.489 e. The molecule has 0 bridgehead atoms. The van der Waals surface area contributed by atoms with Crippen LogP contribution in [0.15, 0.2) is 36.4 Å². The fourth-order valence-corrected chi connectivity index (χ4v) is 1.54. The van der Waals surface area contributed by atoms with Crippen LogP contribution in [0.5, 0.6) is 5.75 Å². The monoisotopic (exact) mass is 249 g/mol. The Morgan fingerprint density at radius 1 is 1.11 bits per heavy atom. The number of hydrogen-bond donors (Lipinski definition) is 1. The van der Waals surface area contributed by atoms with Gasteiger partial charge in [0.2, 0.25) is 0 Å². The summed E-state index contributed by atoms with van der Waals surface area (Å²) in [7, 11) is 0. The van der Waals surface area contributed by atoms with Gasteiger partial charge in [-0.05, 0) is 42.8 Å². The third-order valence-corrected chi connectivity index (χ3v) is 2.65. The molecule has 2 aromatic rings. The van der Waals surface area contributed by atoms with Crippen molar-refractivity contribution >= 4 is 5.69 Å². The summed E-state index contributed by atoms with van der Waals surface area (Å²) in [5.41, 5.74) is 7.56. The molecule has 94 valence electrons. The van der Waals surface area contributed by atoms with E-state index in [0.29, 0.717) is 17.0 Å². The molecule has 18 heavy (non-hydrogen) atoms. The van der Waals surface area contributed by atoms with Crippen LogP contribution in [0.25, 0.3) is 0 Å². The van der Waals surface area contributed by atoms with E-state index < -0.39 is 11.6 Å². The number of hydrogen-bond acceptors (Lipinski definition) is 2. The fourth-order valence-electron chi connectivity index (χ4n) is 1.54. The molecule has 0 saturated heterocycles. The number of aryl methyl sites for hydroxylation is 1. The standard InChI is InChI=1S/C14H13F2NO/c1-9-6-12(4-5-14(9)17)18-8-10-2-3-11(15)7-13(10)16/h2-7H,8,17H2,1H3. The number of ether oxygens (including phenoxy) is 1. The highest BCUT2D eigenvalue weighted by atomic mass is 19.1. The maximum atomic E-state index is 13.4. The highest BCUT2D eigenvalue weighted by Crippen LogP contribution is 2.20. The first kappa shape index (κ1) is 12.4. The zero-order valence-electron chi connectivity index (χ0n) is 9.91. The molecular formula is C14H13F2NO. The second-order valence-electron chi connectivity index (χ2n) is 4.04. The van der Waals surface area contributed by atoms with Gasteiger partial charge >= 0.3 is 0 Å². The van der Waals surface area contributed by atoms with Crippen molar-refractivity contribution in [1.82, 2.24) is 0 Å². The highest BCUT2D eigenvalue weighted by Gasteiger charge is 2.05. The van der Waals surface area contributed by atoms with Gasteiger partial charge in [-0.1, -0.05) is 0 Å². The van der Waals surface area contributed by atoms with Crippen molar-refractivity contribution in [1.29, 1.82) is 0 Å². The molecule has 2 aromatic carbocycles. The minimum absolute atomic E-state index is 0.0511. The van der Waals surface area contributed by atoms with Crippen LogP contribution in [-0.4, -0.2) is 0 Å². The highest BCUT2D eigenvalue weighted by molar-refractivity contribution is 5.49. The van der Waals surface area contributed by atoms with Crippen LogP contribution in [0.2, 0.25) is 0 Å². The first-order valence-electron chi connectivity index (χ1n) is 5.49. The molecule has 2 N–H and O–H groups in total. The number of halogens is 2. The summed E-state index contributed by atoms with van der Waals surface area (Å²) in [5, 5.41) is 0. The van der Waals surface area contributed by atoms with Gasteiger partial charge in [0.15, 0.2) is 0 Å². The smallest absolute Gasteiger partial charge is 0.132 e. The molecule has 0 fully saturated rings. The van der Waals surface area contributed by atoms with E-state index in [9.17, 15) is 8.78 Å². The van der Waals surface area contributed by atoms with Gasteiger partial charge in [-0.25, -0.2) is 8.78 Å². The largest absolute Gasteiger partial charge is 0.489 e. The van der Waals surface area contributed by atoms with E-state index in [4.69, 9.17) is 10.5 Å². The molecule has 2 rings (SSSR count). The van der Waals surface area contributed by atoms with Crippen LogP contribution in [0, 0.1) is 18.6 Å². The normalized spacial score (nSPS) is 10.4. The second-order valence-corrected chi connectivity index (χ2v) is 4.04. The lowest BCUT2D eigenvalue weighted by Crippen LogP contribution is -2.00. The average Bonchev–Trinajstić information content (AvgIpc) is 2.32. The molecule has 0 amide bonds. The third kappa shape index (κ3) is 2.77. The molecule has 0 aliphatic carbocycles. The van der Waals surface area contributed by atoms with Gasteiger partial charge < -0.3 is 10.5 Å². The molecule has 0 aliphatic rings. The molecule has 0 radical (unpaired) electrons. The number of nitrogens with two attached hydrogens (primary N) is 1. The average molecular weight is 249 g/mol.